The molecule has 0 radical (unpaired) electrons. The van der Waals surface area contributed by atoms with Gasteiger partial charge in [0.05, 0.1) is 6.61 Å². The third kappa shape index (κ3) is 3.90. The molecule has 0 unspecified atom stereocenters. The van der Waals surface area contributed by atoms with Gasteiger partial charge < -0.3 is 14.6 Å². The summed E-state index contributed by atoms with van der Waals surface area (Å²) in [6.07, 6.45) is -7.25. The van der Waals surface area contributed by atoms with E-state index >= 15 is 0 Å². The lowest BCUT2D eigenvalue weighted by Gasteiger charge is -2.18. The molecule has 0 saturated heterocycles. The molecule has 96 valence electrons. The van der Waals surface area contributed by atoms with Gasteiger partial charge in [-0.1, -0.05) is 18.2 Å². The van der Waals surface area contributed by atoms with Gasteiger partial charge in [0.15, 0.2) is 6.10 Å². The Balaban J connectivity index is 2.84. The minimum atomic E-state index is -4.71. The molecular formula is C11H13F3O3. The average molecular weight is 250 g/mol. The van der Waals surface area contributed by atoms with E-state index in [0.717, 1.165) is 0 Å². The number of para-hydroxylation sites is 1. The highest BCUT2D eigenvalue weighted by Gasteiger charge is 2.40. The van der Waals surface area contributed by atoms with Crippen molar-refractivity contribution in [3.8, 4) is 5.75 Å². The van der Waals surface area contributed by atoms with E-state index in [1.165, 1.54) is 31.4 Å². The number of alkyl halides is 3. The van der Waals surface area contributed by atoms with E-state index in [-0.39, 0.29) is 24.5 Å². The van der Waals surface area contributed by atoms with Crippen LogP contribution >= 0.6 is 0 Å². The molecule has 0 amide bonds. The molecule has 0 saturated carbocycles. The zero-order valence-corrected chi connectivity index (χ0v) is 9.20. The zero-order chi connectivity index (χ0) is 12.9. The van der Waals surface area contributed by atoms with Crippen LogP contribution in [0.4, 0.5) is 13.2 Å². The second kappa shape index (κ2) is 5.88. The fourth-order valence-electron chi connectivity index (χ4n) is 1.25. The highest BCUT2D eigenvalue weighted by atomic mass is 19.4. The lowest BCUT2D eigenvalue weighted by molar-refractivity contribution is -0.207. The predicted octanol–water partition coefficient (Wildman–Crippen LogP) is 2.31. The third-order valence-electron chi connectivity index (χ3n) is 2.07. The van der Waals surface area contributed by atoms with E-state index in [1.807, 2.05) is 0 Å². The second-order valence-corrected chi connectivity index (χ2v) is 3.32. The molecule has 1 N–H and O–H groups in total. The van der Waals surface area contributed by atoms with Crippen molar-refractivity contribution in [3.63, 3.8) is 0 Å². The van der Waals surface area contributed by atoms with E-state index in [4.69, 9.17) is 14.6 Å². The number of aliphatic hydroxyl groups is 1. The molecule has 1 rings (SSSR count). The molecule has 0 aliphatic carbocycles. The number of halogens is 3. The summed E-state index contributed by atoms with van der Waals surface area (Å²) in [4.78, 5) is 0. The Labute approximate surface area is 96.8 Å². The fourth-order valence-corrected chi connectivity index (χ4v) is 1.25. The van der Waals surface area contributed by atoms with Gasteiger partial charge in [0.2, 0.25) is 0 Å². The predicted molar refractivity (Wildman–Crippen MR) is 54.8 cm³/mol. The molecule has 0 aliphatic rings. The molecule has 0 fully saturated rings. The molecule has 1 aromatic rings. The summed E-state index contributed by atoms with van der Waals surface area (Å²) < 4.78 is 46.9. The largest absolute Gasteiger partial charge is 0.491 e. The smallest absolute Gasteiger partial charge is 0.418 e. The topological polar surface area (TPSA) is 38.7 Å². The minimum Gasteiger partial charge on any atom is -0.491 e. The first-order valence-electron chi connectivity index (χ1n) is 4.92. The summed E-state index contributed by atoms with van der Waals surface area (Å²) in [5, 5.41) is 9.16. The molecule has 3 nitrogen and oxygen atoms in total. The quantitative estimate of drug-likeness (QED) is 0.815. The number of aliphatic hydroxyl groups excluding tert-OH is 1. The van der Waals surface area contributed by atoms with Crippen molar-refractivity contribution in [1.82, 2.24) is 0 Å². The fraction of sp³-hybridized carbons (Fsp3) is 0.455. The van der Waals surface area contributed by atoms with Crippen LogP contribution in [0, 0.1) is 0 Å². The minimum absolute atomic E-state index is 0.00868. The van der Waals surface area contributed by atoms with Crippen LogP contribution in [-0.4, -0.2) is 31.6 Å². The highest BCUT2D eigenvalue weighted by molar-refractivity contribution is 5.35. The summed E-state index contributed by atoms with van der Waals surface area (Å²) in [5.74, 6) is 0.00868. The van der Waals surface area contributed by atoms with Crippen LogP contribution in [-0.2, 0) is 4.74 Å². The van der Waals surface area contributed by atoms with Crippen LogP contribution in [0.1, 0.15) is 11.7 Å². The highest BCUT2D eigenvalue weighted by Crippen LogP contribution is 2.36. The summed E-state index contributed by atoms with van der Waals surface area (Å²) in [6, 6.07) is 5.50. The van der Waals surface area contributed by atoms with E-state index in [2.05, 4.69) is 0 Å². The summed E-state index contributed by atoms with van der Waals surface area (Å²) in [7, 11) is 1.46. The van der Waals surface area contributed by atoms with Crippen LogP contribution in [0.25, 0.3) is 0 Å². The number of rotatable bonds is 5. The van der Waals surface area contributed by atoms with Crippen molar-refractivity contribution in [1.29, 1.82) is 0 Å². The normalized spacial score (nSPS) is 13.5. The Morgan fingerprint density at radius 3 is 2.47 bits per heavy atom. The molecule has 1 aromatic carbocycles. The summed E-state index contributed by atoms with van der Waals surface area (Å²) in [5.41, 5.74) is -0.295. The van der Waals surface area contributed by atoms with Gasteiger partial charge in [-0.05, 0) is 6.07 Å². The average Bonchev–Trinajstić information content (AvgIpc) is 2.28. The van der Waals surface area contributed by atoms with E-state index in [9.17, 15) is 13.2 Å². The maximum atomic E-state index is 12.4. The molecule has 0 heterocycles. The van der Waals surface area contributed by atoms with Crippen LogP contribution < -0.4 is 4.74 Å². The molecule has 0 bridgehead atoms. The van der Waals surface area contributed by atoms with E-state index in [0.29, 0.717) is 0 Å². The first-order valence-corrected chi connectivity index (χ1v) is 4.92. The van der Waals surface area contributed by atoms with Crippen molar-refractivity contribution >= 4 is 0 Å². The molecule has 1 atom stereocenters. The maximum absolute atomic E-state index is 12.4. The summed E-state index contributed by atoms with van der Waals surface area (Å²) in [6.45, 7) is 0.383. The van der Waals surface area contributed by atoms with Crippen molar-refractivity contribution in [3.05, 3.63) is 29.8 Å². The Kier molecular flexibility index (Phi) is 4.77. The SMILES string of the molecule is COCCOc1ccccc1[C@@H](O)C(F)(F)F. The number of hydrogen-bond donors (Lipinski definition) is 1. The van der Waals surface area contributed by atoms with Crippen molar-refractivity contribution < 1.29 is 27.8 Å². The lowest BCUT2D eigenvalue weighted by Crippen LogP contribution is -2.21. The van der Waals surface area contributed by atoms with Gasteiger partial charge >= 0.3 is 6.18 Å². The van der Waals surface area contributed by atoms with Crippen LogP contribution in [0.2, 0.25) is 0 Å². The molecule has 0 aliphatic heterocycles. The van der Waals surface area contributed by atoms with Gasteiger partial charge in [-0.2, -0.15) is 13.2 Å². The van der Waals surface area contributed by atoms with Crippen LogP contribution in [0.15, 0.2) is 24.3 Å². The Bertz CT molecular complexity index is 352. The number of hydrogen-bond acceptors (Lipinski definition) is 3. The first-order chi connectivity index (χ1) is 7.96. The molecule has 17 heavy (non-hydrogen) atoms. The Morgan fingerprint density at radius 1 is 1.24 bits per heavy atom. The monoisotopic (exact) mass is 250 g/mol. The van der Waals surface area contributed by atoms with Crippen LogP contribution in [0.5, 0.6) is 5.75 Å². The first kappa shape index (κ1) is 13.8. The standard InChI is InChI=1S/C11H13F3O3/c1-16-6-7-17-9-5-3-2-4-8(9)10(15)11(12,13)14/h2-5,10,15H,6-7H2,1H3/t10-/m1/s1. The zero-order valence-electron chi connectivity index (χ0n) is 9.20. The number of benzene rings is 1. The van der Waals surface area contributed by atoms with E-state index < -0.39 is 12.3 Å². The van der Waals surface area contributed by atoms with Gasteiger partial charge in [0.1, 0.15) is 12.4 Å². The maximum Gasteiger partial charge on any atom is 0.418 e. The molecular weight excluding hydrogens is 237 g/mol. The van der Waals surface area contributed by atoms with Crippen LogP contribution in [0.3, 0.4) is 0 Å². The Morgan fingerprint density at radius 2 is 1.88 bits per heavy atom. The number of ether oxygens (including phenoxy) is 2. The molecule has 0 aromatic heterocycles. The summed E-state index contributed by atoms with van der Waals surface area (Å²) >= 11 is 0. The van der Waals surface area contributed by atoms with Gasteiger partial charge in [0, 0.05) is 12.7 Å². The molecule has 0 spiro atoms. The van der Waals surface area contributed by atoms with Gasteiger partial charge in [-0.25, -0.2) is 0 Å². The third-order valence-corrected chi connectivity index (χ3v) is 2.07. The number of methoxy groups -OCH3 is 1. The van der Waals surface area contributed by atoms with Crippen molar-refractivity contribution in [2.24, 2.45) is 0 Å². The van der Waals surface area contributed by atoms with Gasteiger partial charge in [-0.3, -0.25) is 0 Å². The van der Waals surface area contributed by atoms with Gasteiger partial charge in [-0.15, -0.1) is 0 Å². The Hall–Kier alpha value is -1.27. The lowest BCUT2D eigenvalue weighted by atomic mass is 10.1. The van der Waals surface area contributed by atoms with Crippen molar-refractivity contribution in [2.45, 2.75) is 12.3 Å². The second-order valence-electron chi connectivity index (χ2n) is 3.32. The van der Waals surface area contributed by atoms with Gasteiger partial charge in [0.25, 0.3) is 0 Å². The molecule has 6 heteroatoms. The van der Waals surface area contributed by atoms with Crippen molar-refractivity contribution in [2.75, 3.05) is 20.3 Å². The van der Waals surface area contributed by atoms with E-state index in [1.54, 1.807) is 0 Å².